The third-order valence-electron chi connectivity index (χ3n) is 1.75. The SMILES string of the molecule is C[Si](C)(C)C([P]=[Mo])[Si](C)(C)C. The molecule has 0 aliphatic heterocycles. The molecule has 66 valence electrons. The van der Waals surface area contributed by atoms with Gasteiger partial charge in [-0.05, 0) is 0 Å². The van der Waals surface area contributed by atoms with E-state index in [1.54, 1.807) is 6.21 Å². The van der Waals surface area contributed by atoms with Crippen LogP contribution in [0.2, 0.25) is 39.3 Å². The van der Waals surface area contributed by atoms with Crippen LogP contribution >= 0.6 is 6.21 Å². The molecular formula is C7H19MoPSi2. The molecule has 0 bridgehead atoms. The van der Waals surface area contributed by atoms with Crippen molar-refractivity contribution in [2.75, 3.05) is 0 Å². The molecule has 0 aromatic rings. The van der Waals surface area contributed by atoms with E-state index in [0.717, 1.165) is 4.91 Å². The van der Waals surface area contributed by atoms with Crippen LogP contribution in [0, 0.1) is 0 Å². The zero-order valence-corrected chi connectivity index (χ0v) is 13.3. The molecule has 0 saturated heterocycles. The van der Waals surface area contributed by atoms with Gasteiger partial charge in [-0.15, -0.1) is 0 Å². The fraction of sp³-hybridized carbons (Fsp3) is 1.00. The first kappa shape index (κ1) is 12.4. The minimum atomic E-state index is -0.870. The van der Waals surface area contributed by atoms with Crippen LogP contribution in [0.15, 0.2) is 0 Å². The average molecular weight is 286 g/mol. The molecule has 11 heavy (non-hydrogen) atoms. The van der Waals surface area contributed by atoms with Gasteiger partial charge >= 0.3 is 85.4 Å². The Hall–Kier alpha value is 1.42. The van der Waals surface area contributed by atoms with E-state index in [-0.39, 0.29) is 0 Å². The molecule has 0 spiro atoms. The Balaban J connectivity index is 4.56. The molecule has 0 saturated carbocycles. The van der Waals surface area contributed by atoms with Crippen molar-refractivity contribution in [1.29, 1.82) is 0 Å². The van der Waals surface area contributed by atoms with Crippen LogP contribution in [0.1, 0.15) is 0 Å². The normalized spacial score (nSPS) is 14.5. The fourth-order valence-corrected chi connectivity index (χ4v) is 28.5. The zero-order chi connectivity index (χ0) is 9.28. The molecule has 0 heterocycles. The topological polar surface area (TPSA) is 0 Å². The van der Waals surface area contributed by atoms with Crippen LogP contribution in [0.4, 0.5) is 0 Å². The summed E-state index contributed by atoms with van der Waals surface area (Å²) in [5.41, 5.74) is 0. The Kier molecular flexibility index (Phi) is 4.62. The maximum absolute atomic E-state index is 2.51. The standard InChI is InChI=1S/C7H19PSi2.Mo/c1-9(2,3)7(8)10(4,5)6;/h7H,1-6H3;. The number of rotatable bonds is 3. The summed E-state index contributed by atoms with van der Waals surface area (Å²) >= 11 is 2.27. The summed E-state index contributed by atoms with van der Waals surface area (Å²) < 4.78 is 0. The third-order valence-corrected chi connectivity index (χ3v) is 20.4. The molecule has 0 amide bonds. The Labute approximate surface area is 85.1 Å². The third kappa shape index (κ3) is 4.26. The Morgan fingerprint density at radius 2 is 1.18 bits per heavy atom. The van der Waals surface area contributed by atoms with Crippen LogP contribution < -0.4 is 0 Å². The van der Waals surface area contributed by atoms with Crippen LogP contribution in [-0.4, -0.2) is 21.1 Å². The van der Waals surface area contributed by atoms with Gasteiger partial charge in [0.05, 0.1) is 0 Å². The summed E-state index contributed by atoms with van der Waals surface area (Å²) in [6.07, 6.45) is 1.65. The molecule has 0 unspecified atom stereocenters. The Bertz CT molecular complexity index is 132. The van der Waals surface area contributed by atoms with Crippen molar-refractivity contribution in [3.8, 4) is 0 Å². The number of hydrogen-bond donors (Lipinski definition) is 0. The van der Waals surface area contributed by atoms with Gasteiger partial charge in [0.25, 0.3) is 0 Å². The van der Waals surface area contributed by atoms with E-state index >= 15 is 0 Å². The van der Waals surface area contributed by atoms with Crippen LogP contribution in [0.25, 0.3) is 0 Å². The first-order valence-corrected chi connectivity index (χ1v) is 14.7. The van der Waals surface area contributed by atoms with Crippen molar-refractivity contribution in [3.63, 3.8) is 0 Å². The summed E-state index contributed by atoms with van der Waals surface area (Å²) in [4.78, 5) is 1.07. The minimum absolute atomic E-state index is 0.870. The summed E-state index contributed by atoms with van der Waals surface area (Å²) in [6, 6.07) is 0. The van der Waals surface area contributed by atoms with Crippen molar-refractivity contribution in [2.45, 2.75) is 44.2 Å². The molecular weight excluding hydrogens is 267 g/mol. The molecule has 0 fully saturated rings. The Morgan fingerprint density at radius 1 is 0.909 bits per heavy atom. The fourth-order valence-electron chi connectivity index (χ4n) is 1.62. The zero-order valence-electron chi connectivity index (χ0n) is 8.43. The maximum atomic E-state index is 2.51. The molecule has 4 heteroatoms. The van der Waals surface area contributed by atoms with E-state index in [1.807, 2.05) is 0 Å². The van der Waals surface area contributed by atoms with Gasteiger partial charge in [-0.1, -0.05) is 0 Å². The monoisotopic (exact) mass is 288 g/mol. The summed E-state index contributed by atoms with van der Waals surface area (Å²) in [6.45, 7) is 15.0. The van der Waals surface area contributed by atoms with Crippen LogP contribution in [0.3, 0.4) is 0 Å². The molecule has 0 atom stereocenters. The van der Waals surface area contributed by atoms with Gasteiger partial charge < -0.3 is 0 Å². The molecule has 0 N–H and O–H groups in total. The van der Waals surface area contributed by atoms with E-state index in [1.165, 1.54) is 0 Å². The van der Waals surface area contributed by atoms with Gasteiger partial charge in [0.2, 0.25) is 0 Å². The van der Waals surface area contributed by atoms with Crippen molar-refractivity contribution >= 4 is 22.4 Å². The van der Waals surface area contributed by atoms with Crippen LogP contribution in [0.5, 0.6) is 0 Å². The second-order valence-corrected chi connectivity index (χ2v) is 19.7. The van der Waals surface area contributed by atoms with Crippen molar-refractivity contribution in [2.24, 2.45) is 0 Å². The van der Waals surface area contributed by atoms with Gasteiger partial charge in [0.15, 0.2) is 0 Å². The average Bonchev–Trinajstić information content (AvgIpc) is 1.56. The first-order valence-electron chi connectivity index (χ1n) is 4.02. The quantitative estimate of drug-likeness (QED) is 0.550. The van der Waals surface area contributed by atoms with Crippen molar-refractivity contribution in [3.05, 3.63) is 0 Å². The molecule has 0 rings (SSSR count). The second kappa shape index (κ2) is 4.09. The van der Waals surface area contributed by atoms with E-state index in [0.29, 0.717) is 0 Å². The van der Waals surface area contributed by atoms with Gasteiger partial charge in [-0.25, -0.2) is 0 Å². The Morgan fingerprint density at radius 3 is 1.18 bits per heavy atom. The summed E-state index contributed by atoms with van der Waals surface area (Å²) in [7, 11) is -1.74. The van der Waals surface area contributed by atoms with E-state index < -0.39 is 16.1 Å². The second-order valence-electron chi connectivity index (χ2n) is 5.24. The van der Waals surface area contributed by atoms with E-state index in [9.17, 15) is 0 Å². The van der Waals surface area contributed by atoms with E-state index in [4.69, 9.17) is 0 Å². The van der Waals surface area contributed by atoms with Gasteiger partial charge in [0.1, 0.15) is 0 Å². The molecule has 0 aromatic carbocycles. The van der Waals surface area contributed by atoms with Gasteiger partial charge in [0, 0.05) is 0 Å². The number of hydrogen-bond acceptors (Lipinski definition) is 0. The first-order chi connectivity index (χ1) is 4.69. The van der Waals surface area contributed by atoms with Crippen molar-refractivity contribution in [1.82, 2.24) is 0 Å². The molecule has 0 aliphatic carbocycles. The van der Waals surface area contributed by atoms with Crippen molar-refractivity contribution < 1.29 is 18.8 Å². The predicted molar refractivity (Wildman–Crippen MR) is 57.4 cm³/mol. The summed E-state index contributed by atoms with van der Waals surface area (Å²) in [5.74, 6) is 0. The van der Waals surface area contributed by atoms with E-state index in [2.05, 4.69) is 58.1 Å². The van der Waals surface area contributed by atoms with Crippen LogP contribution in [-0.2, 0) is 18.8 Å². The summed E-state index contributed by atoms with van der Waals surface area (Å²) in [5, 5.41) is 0. The predicted octanol–water partition coefficient (Wildman–Crippen LogP) is 3.52. The molecule has 0 radical (unpaired) electrons. The van der Waals surface area contributed by atoms with Gasteiger partial charge in [-0.3, -0.25) is 0 Å². The molecule has 0 aromatic heterocycles. The molecule has 0 aliphatic rings. The molecule has 0 nitrogen and oxygen atoms in total. The van der Waals surface area contributed by atoms with Gasteiger partial charge in [-0.2, -0.15) is 0 Å².